The number of pyridine rings is 1. The van der Waals surface area contributed by atoms with Crippen LogP contribution in [0.4, 0.5) is 8.78 Å². The summed E-state index contributed by atoms with van der Waals surface area (Å²) in [6.07, 6.45) is 2.21. The zero-order valence-electron chi connectivity index (χ0n) is 14.3. The number of aromatic nitrogens is 2. The Morgan fingerprint density at radius 3 is 2.77 bits per heavy atom. The maximum Gasteiger partial charge on any atom is 0.139 e. The van der Waals surface area contributed by atoms with Gasteiger partial charge in [-0.15, -0.1) is 0 Å². The first-order valence-corrected chi connectivity index (χ1v) is 8.51. The second-order valence-electron chi connectivity index (χ2n) is 6.52. The monoisotopic (exact) mass is 359 g/mol. The van der Waals surface area contributed by atoms with Gasteiger partial charge in [0.05, 0.1) is 29.7 Å². The van der Waals surface area contributed by atoms with Crippen molar-refractivity contribution < 1.29 is 18.6 Å². The molecule has 0 spiro atoms. The first-order valence-electron chi connectivity index (χ1n) is 8.51. The van der Waals surface area contributed by atoms with Gasteiger partial charge in [-0.05, 0) is 24.6 Å². The molecular formula is C19H19F2N3O2. The molecule has 1 aromatic carbocycles. The summed E-state index contributed by atoms with van der Waals surface area (Å²) in [6.45, 7) is 3.98. The first kappa shape index (κ1) is 16.9. The Morgan fingerprint density at radius 2 is 2.08 bits per heavy atom. The maximum absolute atomic E-state index is 14.5. The Balaban J connectivity index is 1.89. The number of hydrogen-bond donors (Lipinski definition) is 2. The van der Waals surface area contributed by atoms with Crippen LogP contribution in [0, 0.1) is 18.6 Å². The molecule has 0 amide bonds. The van der Waals surface area contributed by atoms with Crippen LogP contribution in [0.3, 0.4) is 0 Å². The summed E-state index contributed by atoms with van der Waals surface area (Å²) in [5.74, 6) is -2.14. The summed E-state index contributed by atoms with van der Waals surface area (Å²) in [4.78, 5) is 4.49. The van der Waals surface area contributed by atoms with Crippen molar-refractivity contribution in [3.8, 4) is 17.0 Å². The number of imidazole rings is 1. The second kappa shape index (κ2) is 6.66. The number of halogens is 2. The Kier molecular flexibility index (Phi) is 4.34. The predicted octanol–water partition coefficient (Wildman–Crippen LogP) is 2.82. The molecule has 1 saturated heterocycles. The highest BCUT2D eigenvalue weighted by Crippen LogP contribution is 2.33. The molecule has 2 N–H and O–H groups in total. The number of hydrogen-bond acceptors (Lipinski definition) is 4. The number of fused-ring (bicyclic) bond motifs is 1. The molecule has 7 heteroatoms. The van der Waals surface area contributed by atoms with Crippen LogP contribution in [0.1, 0.15) is 11.3 Å². The largest absolute Gasteiger partial charge is 0.508 e. The van der Waals surface area contributed by atoms with Crippen LogP contribution >= 0.6 is 0 Å². The van der Waals surface area contributed by atoms with E-state index in [-0.39, 0.29) is 17.4 Å². The number of phenols is 1. The van der Waals surface area contributed by atoms with Crippen molar-refractivity contribution in [2.24, 2.45) is 0 Å². The quantitative estimate of drug-likeness (QED) is 0.755. The van der Waals surface area contributed by atoms with Gasteiger partial charge in [0.25, 0.3) is 0 Å². The Hall–Kier alpha value is -2.51. The van der Waals surface area contributed by atoms with Crippen molar-refractivity contribution in [2.75, 3.05) is 19.7 Å². The van der Waals surface area contributed by atoms with E-state index in [1.165, 1.54) is 0 Å². The minimum absolute atomic E-state index is 0.105. The number of aromatic hydroxyl groups is 1. The van der Waals surface area contributed by atoms with Crippen LogP contribution in [0.5, 0.6) is 5.75 Å². The fraction of sp³-hybridized carbons (Fsp3) is 0.316. The zero-order chi connectivity index (χ0) is 18.3. The molecule has 1 atom stereocenters. The summed E-state index contributed by atoms with van der Waals surface area (Å²) in [5, 5.41) is 12.7. The van der Waals surface area contributed by atoms with Crippen LogP contribution in [-0.2, 0) is 11.2 Å². The van der Waals surface area contributed by atoms with Crippen LogP contribution in [0.2, 0.25) is 0 Å². The lowest BCUT2D eigenvalue weighted by molar-refractivity contribution is 0.0286. The Bertz CT molecular complexity index is 942. The van der Waals surface area contributed by atoms with Gasteiger partial charge in [-0.1, -0.05) is 0 Å². The van der Waals surface area contributed by atoms with Crippen molar-refractivity contribution in [3.05, 3.63) is 53.4 Å². The SMILES string of the molecule is Cc1ccn2c(CC3CNCCO3)c(-c3c(F)cc(O)cc3F)nc2c1. The fourth-order valence-electron chi connectivity index (χ4n) is 3.34. The topological polar surface area (TPSA) is 58.8 Å². The highest BCUT2D eigenvalue weighted by atomic mass is 19.1. The lowest BCUT2D eigenvalue weighted by Gasteiger charge is -2.24. The van der Waals surface area contributed by atoms with Crippen molar-refractivity contribution in [3.63, 3.8) is 0 Å². The number of phenolic OH excluding ortho intramolecular Hbond substituents is 1. The lowest BCUT2D eigenvalue weighted by Crippen LogP contribution is -2.39. The molecule has 1 aliphatic rings. The van der Waals surface area contributed by atoms with Crippen molar-refractivity contribution in [1.82, 2.24) is 14.7 Å². The molecule has 0 radical (unpaired) electrons. The fourth-order valence-corrected chi connectivity index (χ4v) is 3.34. The van der Waals surface area contributed by atoms with Crippen LogP contribution in [-0.4, -0.2) is 40.3 Å². The van der Waals surface area contributed by atoms with E-state index in [1.807, 2.05) is 29.7 Å². The number of nitrogens with one attached hydrogen (secondary N) is 1. The Labute approximate surface area is 149 Å². The number of benzene rings is 1. The van der Waals surface area contributed by atoms with Gasteiger partial charge >= 0.3 is 0 Å². The minimum atomic E-state index is -0.841. The number of morpholine rings is 1. The van der Waals surface area contributed by atoms with Crippen molar-refractivity contribution in [1.29, 1.82) is 0 Å². The number of aryl methyl sites for hydroxylation is 1. The molecule has 26 heavy (non-hydrogen) atoms. The Morgan fingerprint density at radius 1 is 1.31 bits per heavy atom. The lowest BCUT2D eigenvalue weighted by atomic mass is 10.0. The zero-order valence-corrected chi connectivity index (χ0v) is 14.3. The molecule has 1 aliphatic heterocycles. The molecule has 5 nitrogen and oxygen atoms in total. The smallest absolute Gasteiger partial charge is 0.139 e. The third-order valence-electron chi connectivity index (χ3n) is 4.57. The second-order valence-corrected chi connectivity index (χ2v) is 6.52. The van der Waals surface area contributed by atoms with Gasteiger partial charge in [0.2, 0.25) is 0 Å². The third kappa shape index (κ3) is 3.04. The standard InChI is InChI=1S/C19H19F2N3O2/c1-11-2-4-24-16(9-13-10-22-3-5-26-13)19(23-17(24)6-11)18-14(20)7-12(25)8-15(18)21/h2,4,6-8,13,22,25H,3,5,9-10H2,1H3. The van der Waals surface area contributed by atoms with E-state index in [2.05, 4.69) is 10.3 Å². The third-order valence-corrected chi connectivity index (χ3v) is 4.57. The van der Waals surface area contributed by atoms with E-state index >= 15 is 0 Å². The van der Waals surface area contributed by atoms with Gasteiger partial charge in [-0.2, -0.15) is 0 Å². The van der Waals surface area contributed by atoms with E-state index in [0.717, 1.165) is 24.2 Å². The average molecular weight is 359 g/mol. The van der Waals surface area contributed by atoms with Gasteiger partial charge in [0.1, 0.15) is 23.0 Å². The molecule has 3 aromatic rings. The summed E-state index contributed by atoms with van der Waals surface area (Å²) in [6, 6.07) is 5.58. The molecule has 1 unspecified atom stereocenters. The van der Waals surface area contributed by atoms with E-state index in [4.69, 9.17) is 4.74 Å². The van der Waals surface area contributed by atoms with Gasteiger partial charge in [0.15, 0.2) is 0 Å². The highest BCUT2D eigenvalue weighted by Gasteiger charge is 2.25. The van der Waals surface area contributed by atoms with Gasteiger partial charge < -0.3 is 19.6 Å². The van der Waals surface area contributed by atoms with Crippen LogP contribution < -0.4 is 5.32 Å². The predicted molar refractivity (Wildman–Crippen MR) is 93.3 cm³/mol. The van der Waals surface area contributed by atoms with E-state index in [0.29, 0.717) is 30.9 Å². The van der Waals surface area contributed by atoms with Gasteiger partial charge in [-0.25, -0.2) is 13.8 Å². The maximum atomic E-state index is 14.5. The molecule has 0 aliphatic carbocycles. The molecular weight excluding hydrogens is 340 g/mol. The summed E-state index contributed by atoms with van der Waals surface area (Å²) in [7, 11) is 0. The van der Waals surface area contributed by atoms with Crippen molar-refractivity contribution in [2.45, 2.75) is 19.4 Å². The summed E-state index contributed by atoms with van der Waals surface area (Å²) in [5.41, 5.74) is 2.30. The average Bonchev–Trinajstić information content (AvgIpc) is 2.92. The highest BCUT2D eigenvalue weighted by molar-refractivity contribution is 5.69. The first-order chi connectivity index (χ1) is 12.5. The van der Waals surface area contributed by atoms with E-state index < -0.39 is 17.4 Å². The normalized spacial score (nSPS) is 17.7. The molecule has 3 heterocycles. The molecule has 1 fully saturated rings. The van der Waals surface area contributed by atoms with Crippen LogP contribution in [0.25, 0.3) is 16.9 Å². The van der Waals surface area contributed by atoms with Crippen LogP contribution in [0.15, 0.2) is 30.5 Å². The number of nitrogens with zero attached hydrogens (tertiary/aromatic N) is 2. The van der Waals surface area contributed by atoms with Crippen molar-refractivity contribution >= 4 is 5.65 Å². The molecule has 0 saturated carbocycles. The molecule has 4 rings (SSSR count). The molecule has 136 valence electrons. The number of rotatable bonds is 3. The van der Waals surface area contributed by atoms with E-state index in [1.54, 1.807) is 0 Å². The molecule has 0 bridgehead atoms. The van der Waals surface area contributed by atoms with Gasteiger partial charge in [-0.3, -0.25) is 0 Å². The minimum Gasteiger partial charge on any atom is -0.508 e. The van der Waals surface area contributed by atoms with Gasteiger partial charge in [0, 0.05) is 37.8 Å². The summed E-state index contributed by atoms with van der Waals surface area (Å²) < 4.78 is 36.5. The molecule has 2 aromatic heterocycles. The number of ether oxygens (including phenoxy) is 1. The summed E-state index contributed by atoms with van der Waals surface area (Å²) >= 11 is 0. The van der Waals surface area contributed by atoms with E-state index in [9.17, 15) is 13.9 Å².